The molecule has 3 amide bonds. The quantitative estimate of drug-likeness (QED) is 0.147. The lowest BCUT2D eigenvalue weighted by Gasteiger charge is -2.30. The van der Waals surface area contributed by atoms with Gasteiger partial charge in [0.05, 0.1) is 24.3 Å². The monoisotopic (exact) mass is 396 g/mol. The van der Waals surface area contributed by atoms with Crippen LogP contribution in [0.3, 0.4) is 0 Å². The topological polar surface area (TPSA) is 280 Å². The number of aliphatic carboxylic acids is 1. The Balaban J connectivity index is 4.65. The van der Waals surface area contributed by atoms with Crippen molar-refractivity contribution in [1.29, 1.82) is 0 Å². The van der Waals surface area contributed by atoms with E-state index in [2.05, 4.69) is 10.6 Å². The van der Waals surface area contributed by atoms with E-state index in [4.69, 9.17) is 28.0 Å². The Morgan fingerprint density at radius 2 is 1.56 bits per heavy atom. The fraction of sp³-hybridized carbons (Fsp3) is 0.769. The minimum atomic E-state index is -2.01. The second-order valence-corrected chi connectivity index (χ2v) is 5.93. The molecule has 0 aromatic heterocycles. The fourth-order valence-corrected chi connectivity index (χ4v) is 2.00. The summed E-state index contributed by atoms with van der Waals surface area (Å²) in [6.07, 6.45) is -7.37. The van der Waals surface area contributed by atoms with Crippen LogP contribution >= 0.6 is 0 Å². The SMILES string of the molecule is NCC(NC(=O)NCC(N)C(=O)O)C(O)CC(O)C(N)C(O)C(O)C(N)=O. The number of carbonyl (C=O) groups excluding carboxylic acids is 2. The van der Waals surface area contributed by atoms with Crippen molar-refractivity contribution in [3.05, 3.63) is 0 Å². The van der Waals surface area contributed by atoms with Gasteiger partial charge in [0.15, 0.2) is 6.10 Å². The summed E-state index contributed by atoms with van der Waals surface area (Å²) in [6.45, 7) is -0.632. The third kappa shape index (κ3) is 8.44. The number of carboxylic acids is 1. The van der Waals surface area contributed by atoms with Gasteiger partial charge in [0.25, 0.3) is 0 Å². The predicted molar refractivity (Wildman–Crippen MR) is 90.8 cm³/mol. The third-order valence-corrected chi connectivity index (χ3v) is 3.77. The maximum absolute atomic E-state index is 11.7. The average molecular weight is 396 g/mol. The number of amides is 3. The molecule has 14 nitrogen and oxygen atoms in total. The van der Waals surface area contributed by atoms with Crippen LogP contribution in [-0.2, 0) is 9.59 Å². The molecule has 0 radical (unpaired) electrons. The summed E-state index contributed by atoms with van der Waals surface area (Å²) in [5.74, 6) is -2.57. The number of carbonyl (C=O) groups is 3. The van der Waals surface area contributed by atoms with Gasteiger partial charge < -0.3 is 59.1 Å². The van der Waals surface area contributed by atoms with Gasteiger partial charge in [-0.2, -0.15) is 0 Å². The number of rotatable bonds is 12. The van der Waals surface area contributed by atoms with Crippen LogP contribution in [0.1, 0.15) is 6.42 Å². The van der Waals surface area contributed by atoms with Gasteiger partial charge in [-0.3, -0.25) is 9.59 Å². The van der Waals surface area contributed by atoms with Gasteiger partial charge in [-0.25, -0.2) is 4.79 Å². The number of nitrogens with two attached hydrogens (primary N) is 4. The van der Waals surface area contributed by atoms with Gasteiger partial charge in [-0.05, 0) is 0 Å². The predicted octanol–water partition coefficient (Wildman–Crippen LogP) is -6.33. The Kier molecular flexibility index (Phi) is 10.7. The second kappa shape index (κ2) is 11.6. The van der Waals surface area contributed by atoms with E-state index in [0.717, 1.165) is 0 Å². The molecule has 7 unspecified atom stereocenters. The third-order valence-electron chi connectivity index (χ3n) is 3.77. The molecule has 0 fully saturated rings. The lowest BCUT2D eigenvalue weighted by molar-refractivity contribution is -0.138. The summed E-state index contributed by atoms with van der Waals surface area (Å²) in [7, 11) is 0. The molecule has 0 aromatic carbocycles. The zero-order valence-corrected chi connectivity index (χ0v) is 14.4. The maximum atomic E-state index is 11.7. The molecule has 0 heterocycles. The van der Waals surface area contributed by atoms with Crippen LogP contribution in [0.4, 0.5) is 4.79 Å². The van der Waals surface area contributed by atoms with Crippen LogP contribution in [0.2, 0.25) is 0 Å². The highest BCUT2D eigenvalue weighted by Gasteiger charge is 2.34. The average Bonchev–Trinajstić information content (AvgIpc) is 2.61. The summed E-state index contributed by atoms with van der Waals surface area (Å²) in [6, 6.07) is -4.77. The second-order valence-electron chi connectivity index (χ2n) is 5.93. The van der Waals surface area contributed by atoms with Crippen molar-refractivity contribution in [2.75, 3.05) is 13.1 Å². The normalized spacial score (nSPS) is 19.1. The summed E-state index contributed by atoms with van der Waals surface area (Å²) in [4.78, 5) is 33.1. The van der Waals surface area contributed by atoms with Crippen molar-refractivity contribution in [2.45, 2.75) is 49.0 Å². The molecule has 0 aliphatic heterocycles. The molecule has 158 valence electrons. The summed E-state index contributed by atoms with van der Waals surface area (Å²) in [5.41, 5.74) is 21.0. The van der Waals surface area contributed by atoms with Crippen molar-refractivity contribution in [2.24, 2.45) is 22.9 Å². The van der Waals surface area contributed by atoms with Crippen molar-refractivity contribution < 1.29 is 39.9 Å². The van der Waals surface area contributed by atoms with E-state index in [0.29, 0.717) is 0 Å². The molecule has 27 heavy (non-hydrogen) atoms. The Bertz CT molecular complexity index is 509. The Morgan fingerprint density at radius 1 is 1.00 bits per heavy atom. The van der Waals surface area contributed by atoms with Crippen LogP contribution in [-0.4, -0.2) is 99.1 Å². The van der Waals surface area contributed by atoms with Gasteiger partial charge in [0.1, 0.15) is 12.1 Å². The van der Waals surface area contributed by atoms with Gasteiger partial charge >= 0.3 is 12.0 Å². The minimum absolute atomic E-state index is 0.256. The van der Waals surface area contributed by atoms with E-state index in [-0.39, 0.29) is 13.1 Å². The molecule has 0 saturated heterocycles. The molecule has 0 aliphatic rings. The smallest absolute Gasteiger partial charge is 0.322 e. The number of nitrogens with one attached hydrogen (secondary N) is 2. The zero-order valence-electron chi connectivity index (χ0n) is 14.4. The number of carboxylic acid groups (broad SMARTS) is 1. The van der Waals surface area contributed by atoms with Crippen LogP contribution in [0.15, 0.2) is 0 Å². The highest BCUT2D eigenvalue weighted by Crippen LogP contribution is 2.10. The number of urea groups is 1. The molecule has 0 aliphatic carbocycles. The zero-order chi connectivity index (χ0) is 21.3. The minimum Gasteiger partial charge on any atom is -0.480 e. The van der Waals surface area contributed by atoms with Crippen LogP contribution in [0.5, 0.6) is 0 Å². The molecule has 0 saturated carbocycles. The van der Waals surface area contributed by atoms with E-state index in [1.807, 2.05) is 0 Å². The van der Waals surface area contributed by atoms with Crippen molar-refractivity contribution in [1.82, 2.24) is 10.6 Å². The van der Waals surface area contributed by atoms with Gasteiger partial charge in [0.2, 0.25) is 5.91 Å². The molecule has 7 atom stereocenters. The van der Waals surface area contributed by atoms with E-state index >= 15 is 0 Å². The number of hydrogen-bond acceptors (Lipinski definition) is 10. The first-order valence-corrected chi connectivity index (χ1v) is 7.92. The molecule has 0 rings (SSSR count). The van der Waals surface area contributed by atoms with Crippen LogP contribution in [0.25, 0.3) is 0 Å². The van der Waals surface area contributed by atoms with Crippen LogP contribution < -0.4 is 33.6 Å². The van der Waals surface area contributed by atoms with Crippen LogP contribution in [0, 0.1) is 0 Å². The number of aliphatic hydroxyl groups is 4. The number of primary amides is 1. The molecular formula is C13H28N6O8. The first-order chi connectivity index (χ1) is 12.4. The largest absolute Gasteiger partial charge is 0.480 e. The molecule has 0 bridgehead atoms. The van der Waals surface area contributed by atoms with Gasteiger partial charge in [0, 0.05) is 19.5 Å². The summed E-state index contributed by atoms with van der Waals surface area (Å²) >= 11 is 0. The molecule has 0 spiro atoms. The lowest BCUT2D eigenvalue weighted by Crippen LogP contribution is -2.57. The number of hydrogen-bond donors (Lipinski definition) is 11. The van der Waals surface area contributed by atoms with Crippen molar-refractivity contribution >= 4 is 17.9 Å². The van der Waals surface area contributed by atoms with Crippen molar-refractivity contribution in [3.63, 3.8) is 0 Å². The van der Waals surface area contributed by atoms with Crippen molar-refractivity contribution in [3.8, 4) is 0 Å². The number of aliphatic hydroxyl groups excluding tert-OH is 4. The maximum Gasteiger partial charge on any atom is 0.322 e. The first kappa shape index (κ1) is 24.9. The first-order valence-electron chi connectivity index (χ1n) is 7.92. The van der Waals surface area contributed by atoms with Gasteiger partial charge in [-0.15, -0.1) is 0 Å². The highest BCUT2D eigenvalue weighted by molar-refractivity contribution is 5.79. The Labute approximate surface area is 154 Å². The molecule has 15 N–H and O–H groups in total. The lowest BCUT2D eigenvalue weighted by atomic mass is 9.94. The molecular weight excluding hydrogens is 368 g/mol. The molecule has 0 aromatic rings. The van der Waals surface area contributed by atoms with Gasteiger partial charge in [-0.1, -0.05) is 0 Å². The molecule has 14 heteroatoms. The fourth-order valence-electron chi connectivity index (χ4n) is 2.00. The summed E-state index contributed by atoms with van der Waals surface area (Å²) in [5, 5.41) is 52.1. The van der Waals surface area contributed by atoms with E-state index in [1.54, 1.807) is 0 Å². The van der Waals surface area contributed by atoms with E-state index in [1.165, 1.54) is 0 Å². The summed E-state index contributed by atoms with van der Waals surface area (Å²) < 4.78 is 0. The van der Waals surface area contributed by atoms with E-state index < -0.39 is 66.9 Å². The Hall–Kier alpha value is -2.07. The Morgan fingerprint density at radius 3 is 2.00 bits per heavy atom. The highest BCUT2D eigenvalue weighted by atomic mass is 16.4. The standard InChI is InChI=1S/C13H28N6O8/c14-2-5(19-13(27)18-3-4(15)12(25)26)6(20)1-7(21)8(16)9(22)10(23)11(17)24/h4-10,20-23H,1-3,14-16H2,(H2,17,24)(H,25,26)(H2,18,19,27). The van der Waals surface area contributed by atoms with E-state index in [9.17, 15) is 34.8 Å².